The standard InChI is InChI=1S/C19H38O2.C15H10N2O3.C8H7NO4.C6H10O3/c1-2-3-4-5-6-7-8-9-10-11-12-13-14-15-16-17-18-19(20)21;18-14-13(9-5-1-3-7-11(9)17-14)16-12-8-4-2-6-10(12)15(19)20;9-4-1-2-5(7(10)11)6(3-4)8(12)13;1-5(7)3-2-4-6(8)9/h2-18H2,1H3,(H,20,21);1-8H,(H,19,20)(H,16,17,18);1-3H,9H2,(H,10,11)(H,12,13);2-4H2,1H3,(H,8,9). The normalized spacial score (nSPS) is 11.7. The van der Waals surface area contributed by atoms with Gasteiger partial charge in [-0.1, -0.05) is 134 Å². The van der Waals surface area contributed by atoms with Crippen LogP contribution in [0, 0.1) is 0 Å². The highest BCUT2D eigenvalue weighted by Gasteiger charge is 2.26. The van der Waals surface area contributed by atoms with Gasteiger partial charge in [0.15, 0.2) is 0 Å². The minimum atomic E-state index is -1.30. The number of anilines is 2. The van der Waals surface area contributed by atoms with Crippen LogP contribution in [0.3, 0.4) is 0 Å². The second-order valence-electron chi connectivity index (χ2n) is 15.1. The van der Waals surface area contributed by atoms with Crippen LogP contribution in [0.1, 0.15) is 179 Å². The van der Waals surface area contributed by atoms with Crippen molar-refractivity contribution in [3.8, 4) is 0 Å². The molecule has 1 heterocycles. The first kappa shape index (κ1) is 54.6. The third-order valence-electron chi connectivity index (χ3n) is 9.68. The number of aliphatic carboxylic acids is 2. The van der Waals surface area contributed by atoms with Crippen molar-refractivity contribution in [1.29, 1.82) is 0 Å². The van der Waals surface area contributed by atoms with Crippen molar-refractivity contribution < 1.29 is 59.1 Å². The SMILES string of the molecule is CC(=O)CCCC(=O)O.CCCCCCCCCCCCCCCCCCC(=O)O.Nc1ccc(C(=O)O)c(C(=O)O)c1.O=C1Nc2ccccc2C1=Nc1ccccc1C(=O)O. The fourth-order valence-electron chi connectivity index (χ4n) is 6.32. The average molecular weight is 876 g/mol. The monoisotopic (exact) mass is 875 g/mol. The van der Waals surface area contributed by atoms with Gasteiger partial charge in [-0.05, 0) is 56.2 Å². The van der Waals surface area contributed by atoms with Gasteiger partial charge in [0.25, 0.3) is 5.91 Å². The highest BCUT2D eigenvalue weighted by molar-refractivity contribution is 6.54. The van der Waals surface area contributed by atoms with Crippen molar-refractivity contribution in [2.45, 2.75) is 142 Å². The number of nitrogens with one attached hydrogen (secondary N) is 1. The molecule has 15 heteroatoms. The molecule has 4 rings (SSSR count). The van der Waals surface area contributed by atoms with E-state index in [0.717, 1.165) is 18.9 Å². The number of carbonyl (C=O) groups is 7. The summed E-state index contributed by atoms with van der Waals surface area (Å²) in [5.41, 5.74) is 6.90. The highest BCUT2D eigenvalue weighted by Crippen LogP contribution is 2.27. The average Bonchev–Trinajstić information content (AvgIpc) is 3.55. The van der Waals surface area contributed by atoms with Gasteiger partial charge in [0.2, 0.25) is 0 Å². The summed E-state index contributed by atoms with van der Waals surface area (Å²) in [6.45, 7) is 3.73. The number of aromatic carboxylic acids is 3. The number of ketones is 1. The molecule has 0 aromatic heterocycles. The summed E-state index contributed by atoms with van der Waals surface area (Å²) in [6, 6.07) is 17.1. The fraction of sp³-hybridized carbons (Fsp3) is 0.458. The van der Waals surface area contributed by atoms with Crippen LogP contribution in [0.5, 0.6) is 0 Å². The Morgan fingerprint density at radius 3 is 1.49 bits per heavy atom. The molecule has 0 radical (unpaired) electrons. The van der Waals surface area contributed by atoms with Gasteiger partial charge < -0.3 is 41.4 Å². The van der Waals surface area contributed by atoms with E-state index in [4.69, 9.17) is 31.3 Å². The maximum Gasteiger partial charge on any atom is 0.337 e. The molecule has 0 spiro atoms. The lowest BCUT2D eigenvalue weighted by atomic mass is 10.0. The molecule has 0 unspecified atom stereocenters. The zero-order chi connectivity index (χ0) is 47.0. The first-order chi connectivity index (χ1) is 30.1. The molecule has 0 saturated carbocycles. The van der Waals surface area contributed by atoms with Crippen LogP contribution in [-0.2, 0) is 19.2 Å². The van der Waals surface area contributed by atoms with E-state index in [1.54, 1.807) is 36.4 Å². The summed E-state index contributed by atoms with van der Waals surface area (Å²) in [4.78, 5) is 78.8. The van der Waals surface area contributed by atoms with Gasteiger partial charge in [-0.2, -0.15) is 0 Å². The molecule has 1 amide bonds. The predicted molar refractivity (Wildman–Crippen MR) is 243 cm³/mol. The number of hydrogen-bond donors (Lipinski definition) is 7. The minimum Gasteiger partial charge on any atom is -0.481 e. The van der Waals surface area contributed by atoms with E-state index in [9.17, 15) is 33.6 Å². The van der Waals surface area contributed by atoms with Crippen LogP contribution >= 0.6 is 0 Å². The van der Waals surface area contributed by atoms with Crippen molar-refractivity contribution >= 4 is 64.3 Å². The van der Waals surface area contributed by atoms with E-state index in [2.05, 4.69) is 17.2 Å². The Bertz CT molecular complexity index is 1950. The second kappa shape index (κ2) is 32.3. The Labute approximate surface area is 369 Å². The number of nitrogens with two attached hydrogens (primary N) is 1. The van der Waals surface area contributed by atoms with Gasteiger partial charge in [0, 0.05) is 30.5 Å². The van der Waals surface area contributed by atoms with Crippen LogP contribution < -0.4 is 11.1 Å². The number of nitrogen functional groups attached to an aromatic ring is 1. The number of benzene rings is 3. The molecular formula is C48H65N3O12. The number of fused-ring (bicyclic) bond motifs is 1. The van der Waals surface area contributed by atoms with Gasteiger partial charge >= 0.3 is 29.8 Å². The molecule has 344 valence electrons. The molecule has 8 N–H and O–H groups in total. The van der Waals surface area contributed by atoms with Crippen molar-refractivity contribution in [2.75, 3.05) is 11.1 Å². The molecule has 3 aromatic carbocycles. The van der Waals surface area contributed by atoms with Crippen LogP contribution in [0.15, 0.2) is 71.7 Å². The molecule has 0 atom stereocenters. The van der Waals surface area contributed by atoms with E-state index in [1.807, 2.05) is 6.07 Å². The van der Waals surface area contributed by atoms with Gasteiger partial charge in [0.1, 0.15) is 11.5 Å². The molecule has 0 saturated heterocycles. The summed E-state index contributed by atoms with van der Waals surface area (Å²) in [7, 11) is 0. The summed E-state index contributed by atoms with van der Waals surface area (Å²) in [5.74, 6) is -5.42. The number of carboxylic acid groups (broad SMARTS) is 5. The number of Topliss-reactive ketones (excluding diaryl/α,β-unsaturated/α-hetero) is 1. The Balaban J connectivity index is 0.000000440. The van der Waals surface area contributed by atoms with E-state index >= 15 is 0 Å². The fourth-order valence-corrected chi connectivity index (χ4v) is 6.32. The molecule has 1 aliphatic rings. The van der Waals surface area contributed by atoms with Crippen molar-refractivity contribution in [1.82, 2.24) is 0 Å². The molecule has 63 heavy (non-hydrogen) atoms. The molecular weight excluding hydrogens is 811 g/mol. The van der Waals surface area contributed by atoms with Crippen LogP contribution in [0.2, 0.25) is 0 Å². The number of carbonyl (C=O) groups excluding carboxylic acids is 2. The Kier molecular flexibility index (Phi) is 28.1. The van der Waals surface area contributed by atoms with E-state index in [-0.39, 0.29) is 51.9 Å². The third kappa shape index (κ3) is 24.6. The smallest absolute Gasteiger partial charge is 0.337 e. The summed E-state index contributed by atoms with van der Waals surface area (Å²) < 4.78 is 0. The first-order valence-corrected chi connectivity index (χ1v) is 21.7. The lowest BCUT2D eigenvalue weighted by molar-refractivity contribution is -0.138. The van der Waals surface area contributed by atoms with Crippen LogP contribution in [0.4, 0.5) is 17.1 Å². The van der Waals surface area contributed by atoms with Crippen LogP contribution in [-0.4, -0.2) is 72.8 Å². The maximum atomic E-state index is 11.9. The number of nitrogens with zero attached hydrogens (tertiary/aromatic N) is 1. The topological polar surface area (TPSA) is 271 Å². The van der Waals surface area contributed by atoms with Crippen LogP contribution in [0.25, 0.3) is 0 Å². The predicted octanol–water partition coefficient (Wildman–Crippen LogP) is 10.7. The van der Waals surface area contributed by atoms with E-state index in [1.165, 1.54) is 115 Å². The van der Waals surface area contributed by atoms with Crippen molar-refractivity contribution in [3.63, 3.8) is 0 Å². The zero-order valence-corrected chi connectivity index (χ0v) is 36.6. The number of rotatable bonds is 25. The molecule has 0 bridgehead atoms. The van der Waals surface area contributed by atoms with E-state index in [0.29, 0.717) is 30.5 Å². The number of carboxylic acids is 5. The quantitative estimate of drug-likeness (QED) is 0.0309. The maximum absolute atomic E-state index is 11.9. The Morgan fingerprint density at radius 1 is 0.540 bits per heavy atom. The molecule has 0 aliphatic carbocycles. The minimum absolute atomic E-state index is 0.0521. The van der Waals surface area contributed by atoms with Crippen molar-refractivity contribution in [3.05, 3.63) is 89.0 Å². The number of aliphatic imine (C=N–C) groups is 1. The van der Waals surface area contributed by atoms with Gasteiger partial charge in [-0.3, -0.25) is 14.4 Å². The molecule has 15 nitrogen and oxygen atoms in total. The van der Waals surface area contributed by atoms with Gasteiger partial charge in [0.05, 0.1) is 28.1 Å². The number of hydrogen-bond acceptors (Lipinski definition) is 9. The zero-order valence-electron chi connectivity index (χ0n) is 36.6. The summed E-state index contributed by atoms with van der Waals surface area (Å²) in [5, 5.41) is 45.7. The van der Waals surface area contributed by atoms with E-state index < -0.39 is 29.8 Å². The number of para-hydroxylation sites is 2. The largest absolute Gasteiger partial charge is 0.481 e. The highest BCUT2D eigenvalue weighted by atomic mass is 16.4. The summed E-state index contributed by atoms with van der Waals surface area (Å²) in [6.07, 6.45) is 22.6. The van der Waals surface area contributed by atoms with Gasteiger partial charge in [-0.25, -0.2) is 19.4 Å². The van der Waals surface area contributed by atoms with Gasteiger partial charge in [-0.15, -0.1) is 0 Å². The third-order valence-corrected chi connectivity index (χ3v) is 9.68. The first-order valence-electron chi connectivity index (χ1n) is 21.7. The second-order valence-corrected chi connectivity index (χ2v) is 15.1. The molecule has 1 aliphatic heterocycles. The lowest BCUT2D eigenvalue weighted by Crippen LogP contribution is -2.14. The lowest BCUT2D eigenvalue weighted by Gasteiger charge is -2.03. The summed E-state index contributed by atoms with van der Waals surface area (Å²) >= 11 is 0. The number of amides is 1. The Hall–Kier alpha value is -6.38. The molecule has 0 fully saturated rings. The number of unbranched alkanes of at least 4 members (excludes halogenated alkanes) is 15. The van der Waals surface area contributed by atoms with Crippen molar-refractivity contribution in [2.24, 2.45) is 4.99 Å². The molecule has 3 aromatic rings. The Morgan fingerprint density at radius 2 is 1.00 bits per heavy atom.